The summed E-state index contributed by atoms with van der Waals surface area (Å²) < 4.78 is 43.1. The molecule has 1 aromatic carbocycles. The van der Waals surface area contributed by atoms with E-state index in [1.54, 1.807) is 0 Å². The number of hydrogen-bond acceptors (Lipinski definition) is 5. The molecule has 2 saturated heterocycles. The Morgan fingerprint density at radius 2 is 2.19 bits per heavy atom. The van der Waals surface area contributed by atoms with Crippen molar-refractivity contribution in [3.8, 4) is 0 Å². The Kier molecular flexibility index (Phi) is 6.17. The maximum atomic E-state index is 13.8. The number of rotatable bonds is 6. The number of carbonyl (C=O) groups excluding carboxylic acids is 1. The second kappa shape index (κ2) is 8.21. The summed E-state index contributed by atoms with van der Waals surface area (Å²) in [6.07, 6.45) is 2.34. The SMILES string of the molecule is O=C(CN(CC1CCCO1)C1CCS(=O)(=O)C1)Nc1cc(Cl)ccc1F. The van der Waals surface area contributed by atoms with Crippen LogP contribution in [-0.4, -0.2) is 62.6 Å². The third-order valence-corrected chi connectivity index (χ3v) is 6.72. The van der Waals surface area contributed by atoms with Gasteiger partial charge in [0.1, 0.15) is 5.82 Å². The molecule has 9 heteroatoms. The molecule has 0 aromatic heterocycles. The summed E-state index contributed by atoms with van der Waals surface area (Å²) in [5.74, 6) is -0.812. The molecular weight excluding hydrogens is 383 g/mol. The molecule has 2 aliphatic heterocycles. The molecule has 6 nitrogen and oxygen atoms in total. The van der Waals surface area contributed by atoms with E-state index < -0.39 is 21.6 Å². The van der Waals surface area contributed by atoms with Gasteiger partial charge in [-0.05, 0) is 37.5 Å². The minimum absolute atomic E-state index is 0.00555. The lowest BCUT2D eigenvalue weighted by molar-refractivity contribution is -0.118. The van der Waals surface area contributed by atoms with E-state index in [1.807, 2.05) is 4.90 Å². The number of amides is 1. The number of hydrogen-bond donors (Lipinski definition) is 1. The van der Waals surface area contributed by atoms with Crippen molar-refractivity contribution in [1.29, 1.82) is 0 Å². The number of halogens is 2. The van der Waals surface area contributed by atoms with E-state index in [2.05, 4.69) is 5.32 Å². The van der Waals surface area contributed by atoms with Crippen LogP contribution in [0, 0.1) is 5.82 Å². The van der Waals surface area contributed by atoms with E-state index in [-0.39, 0.29) is 35.9 Å². The van der Waals surface area contributed by atoms with Gasteiger partial charge in [-0.15, -0.1) is 0 Å². The summed E-state index contributed by atoms with van der Waals surface area (Å²) in [6, 6.07) is 3.71. The van der Waals surface area contributed by atoms with Gasteiger partial charge in [-0.3, -0.25) is 9.69 Å². The van der Waals surface area contributed by atoms with Crippen LogP contribution in [0.3, 0.4) is 0 Å². The van der Waals surface area contributed by atoms with Crippen molar-refractivity contribution in [2.45, 2.75) is 31.4 Å². The Bertz CT molecular complexity index is 768. The topological polar surface area (TPSA) is 75.7 Å². The summed E-state index contributed by atoms with van der Waals surface area (Å²) in [6.45, 7) is 1.15. The molecule has 2 heterocycles. The number of benzene rings is 1. The average molecular weight is 405 g/mol. The first-order chi connectivity index (χ1) is 12.3. The fourth-order valence-electron chi connectivity index (χ4n) is 3.42. The fourth-order valence-corrected chi connectivity index (χ4v) is 5.36. The molecule has 0 bridgehead atoms. The zero-order valence-electron chi connectivity index (χ0n) is 14.3. The third kappa shape index (κ3) is 5.16. The summed E-state index contributed by atoms with van der Waals surface area (Å²) in [7, 11) is -3.07. The Morgan fingerprint density at radius 3 is 2.85 bits per heavy atom. The molecule has 1 amide bonds. The predicted octanol–water partition coefficient (Wildman–Crippen LogP) is 2.09. The highest BCUT2D eigenvalue weighted by atomic mass is 35.5. The predicted molar refractivity (Wildman–Crippen MR) is 97.6 cm³/mol. The van der Waals surface area contributed by atoms with Crippen molar-refractivity contribution < 1.29 is 22.3 Å². The van der Waals surface area contributed by atoms with Crippen LogP contribution in [0.2, 0.25) is 5.02 Å². The van der Waals surface area contributed by atoms with Crippen LogP contribution in [0.15, 0.2) is 18.2 Å². The molecule has 0 saturated carbocycles. The molecule has 26 heavy (non-hydrogen) atoms. The second-order valence-electron chi connectivity index (χ2n) is 6.79. The number of nitrogens with zero attached hydrogens (tertiary/aromatic N) is 1. The van der Waals surface area contributed by atoms with E-state index in [9.17, 15) is 17.6 Å². The highest BCUT2D eigenvalue weighted by Gasteiger charge is 2.34. The molecule has 0 spiro atoms. The highest BCUT2D eigenvalue weighted by molar-refractivity contribution is 7.91. The van der Waals surface area contributed by atoms with Crippen LogP contribution in [0.5, 0.6) is 0 Å². The molecule has 2 unspecified atom stereocenters. The van der Waals surface area contributed by atoms with E-state index >= 15 is 0 Å². The van der Waals surface area contributed by atoms with Gasteiger partial charge in [0.15, 0.2) is 9.84 Å². The van der Waals surface area contributed by atoms with Crippen LogP contribution >= 0.6 is 11.6 Å². The Hall–Kier alpha value is -1.22. The lowest BCUT2D eigenvalue weighted by Crippen LogP contribution is -2.45. The third-order valence-electron chi connectivity index (χ3n) is 4.74. The first kappa shape index (κ1) is 19.5. The Morgan fingerprint density at radius 1 is 1.38 bits per heavy atom. The molecule has 3 rings (SSSR count). The summed E-state index contributed by atoms with van der Waals surface area (Å²) in [4.78, 5) is 14.3. The molecule has 1 N–H and O–H groups in total. The Labute approximate surface area is 157 Å². The van der Waals surface area contributed by atoms with Crippen LogP contribution in [0.25, 0.3) is 0 Å². The summed E-state index contributed by atoms with van der Waals surface area (Å²) in [5.41, 5.74) is 0.0126. The van der Waals surface area contributed by atoms with E-state index in [0.29, 0.717) is 24.6 Å². The van der Waals surface area contributed by atoms with Gasteiger partial charge in [0.2, 0.25) is 5.91 Å². The maximum absolute atomic E-state index is 13.8. The molecule has 1 aromatic rings. The number of carbonyl (C=O) groups is 1. The minimum Gasteiger partial charge on any atom is -0.377 e. The monoisotopic (exact) mass is 404 g/mol. The lowest BCUT2D eigenvalue weighted by Gasteiger charge is -2.29. The summed E-state index contributed by atoms with van der Waals surface area (Å²) >= 11 is 5.84. The van der Waals surface area contributed by atoms with E-state index in [0.717, 1.165) is 12.8 Å². The van der Waals surface area contributed by atoms with Crippen molar-refractivity contribution in [2.24, 2.45) is 0 Å². The zero-order chi connectivity index (χ0) is 18.7. The van der Waals surface area contributed by atoms with Gasteiger partial charge in [0.05, 0.1) is 29.8 Å². The second-order valence-corrected chi connectivity index (χ2v) is 9.46. The minimum atomic E-state index is -3.07. The van der Waals surface area contributed by atoms with Gasteiger partial charge < -0.3 is 10.1 Å². The van der Waals surface area contributed by atoms with Gasteiger partial charge in [0, 0.05) is 24.2 Å². The fraction of sp³-hybridized carbons (Fsp3) is 0.588. The average Bonchev–Trinajstić information content (AvgIpc) is 3.19. The normalized spacial score (nSPS) is 24.9. The van der Waals surface area contributed by atoms with Gasteiger partial charge in [0.25, 0.3) is 0 Å². The number of ether oxygens (including phenoxy) is 1. The van der Waals surface area contributed by atoms with Gasteiger partial charge in [-0.1, -0.05) is 11.6 Å². The molecule has 0 radical (unpaired) electrons. The lowest BCUT2D eigenvalue weighted by atomic mass is 10.1. The van der Waals surface area contributed by atoms with Gasteiger partial charge >= 0.3 is 0 Å². The quantitative estimate of drug-likeness (QED) is 0.785. The number of nitrogens with one attached hydrogen (secondary N) is 1. The number of sulfone groups is 1. The number of anilines is 1. The van der Waals surface area contributed by atoms with Crippen molar-refractivity contribution in [3.63, 3.8) is 0 Å². The first-order valence-corrected chi connectivity index (χ1v) is 10.8. The highest BCUT2D eigenvalue weighted by Crippen LogP contribution is 2.22. The maximum Gasteiger partial charge on any atom is 0.238 e. The largest absolute Gasteiger partial charge is 0.377 e. The summed E-state index contributed by atoms with van der Waals surface area (Å²) in [5, 5.41) is 2.84. The van der Waals surface area contributed by atoms with Crippen LogP contribution in [-0.2, 0) is 19.4 Å². The van der Waals surface area contributed by atoms with Gasteiger partial charge in [-0.25, -0.2) is 12.8 Å². The van der Waals surface area contributed by atoms with Crippen LogP contribution < -0.4 is 5.32 Å². The van der Waals surface area contributed by atoms with E-state index in [1.165, 1.54) is 18.2 Å². The van der Waals surface area contributed by atoms with Crippen LogP contribution in [0.4, 0.5) is 10.1 Å². The van der Waals surface area contributed by atoms with Crippen molar-refractivity contribution in [1.82, 2.24) is 4.90 Å². The molecule has 144 valence electrons. The first-order valence-electron chi connectivity index (χ1n) is 8.63. The van der Waals surface area contributed by atoms with Crippen molar-refractivity contribution in [3.05, 3.63) is 29.0 Å². The molecular formula is C17H22ClFN2O4S. The Balaban J connectivity index is 1.67. The molecule has 2 atom stereocenters. The van der Waals surface area contributed by atoms with Crippen molar-refractivity contribution >= 4 is 33.0 Å². The smallest absolute Gasteiger partial charge is 0.238 e. The molecule has 0 aliphatic carbocycles. The standard InChI is InChI=1S/C17H22ClFN2O4S/c18-12-3-4-15(19)16(8-12)20-17(22)10-21(9-14-2-1-6-25-14)13-5-7-26(23,24)11-13/h3-4,8,13-14H,1-2,5-7,9-11H2,(H,20,22). The molecule has 2 aliphatic rings. The molecule has 2 fully saturated rings. The van der Waals surface area contributed by atoms with Crippen molar-refractivity contribution in [2.75, 3.05) is 36.5 Å². The van der Waals surface area contributed by atoms with Gasteiger partial charge in [-0.2, -0.15) is 0 Å². The van der Waals surface area contributed by atoms with E-state index in [4.69, 9.17) is 16.3 Å². The van der Waals surface area contributed by atoms with Crippen LogP contribution in [0.1, 0.15) is 19.3 Å². The zero-order valence-corrected chi connectivity index (χ0v) is 15.9.